The Morgan fingerprint density at radius 2 is 1.92 bits per heavy atom. The number of fused-ring (bicyclic) bond motifs is 1. The van der Waals surface area contributed by atoms with Crippen molar-refractivity contribution in [1.82, 2.24) is 30.0 Å². The lowest BCUT2D eigenvalue weighted by molar-refractivity contribution is 0.138. The van der Waals surface area contributed by atoms with Crippen LogP contribution in [0.4, 0.5) is 0 Å². The summed E-state index contributed by atoms with van der Waals surface area (Å²) in [5, 5.41) is 19.7. The van der Waals surface area contributed by atoms with Crippen LogP contribution in [-0.2, 0) is 16.4 Å². The van der Waals surface area contributed by atoms with Crippen LogP contribution in [0.3, 0.4) is 0 Å². The number of aliphatic hydroxyl groups excluding tert-OH is 1. The van der Waals surface area contributed by atoms with Crippen LogP contribution in [0.5, 0.6) is 0 Å². The van der Waals surface area contributed by atoms with Gasteiger partial charge in [0.15, 0.2) is 5.65 Å². The molecule has 1 atom stereocenters. The number of hydrogen-bond acceptors (Lipinski definition) is 8. The smallest absolute Gasteiger partial charge is 0.252 e. The molecular formula is C26H38N6O4S. The van der Waals surface area contributed by atoms with Gasteiger partial charge in [-0.2, -0.15) is 5.10 Å². The van der Waals surface area contributed by atoms with Gasteiger partial charge in [-0.15, -0.1) is 0 Å². The molecule has 1 aliphatic heterocycles. The number of likely N-dealkylation sites (tertiary alicyclic amines) is 1. The summed E-state index contributed by atoms with van der Waals surface area (Å²) in [6.07, 6.45) is 3.72. The van der Waals surface area contributed by atoms with E-state index in [-0.39, 0.29) is 29.8 Å². The predicted molar refractivity (Wildman–Crippen MR) is 144 cm³/mol. The fraction of sp³-hybridized carbons (Fsp3) is 0.577. The predicted octanol–water partition coefficient (Wildman–Crippen LogP) is 2.32. The number of hydrogen-bond donors (Lipinski definition) is 3. The number of nitrogens with one attached hydrogen (secondary N) is 2. The molecule has 4 rings (SSSR count). The molecule has 202 valence electrons. The summed E-state index contributed by atoms with van der Waals surface area (Å²) >= 11 is 0. The minimum Gasteiger partial charge on any atom is -0.374 e. The fourth-order valence-corrected chi connectivity index (χ4v) is 5.62. The van der Waals surface area contributed by atoms with Crippen LogP contribution in [0.1, 0.15) is 73.0 Å². The maximum atomic E-state index is 12.5. The van der Waals surface area contributed by atoms with Crippen molar-refractivity contribution in [1.29, 1.82) is 0 Å². The molecule has 3 aromatic heterocycles. The van der Waals surface area contributed by atoms with E-state index in [1.807, 2.05) is 44.5 Å². The van der Waals surface area contributed by atoms with Crippen LogP contribution in [-0.4, -0.2) is 69.8 Å². The molecule has 3 N–H and O–H groups in total. The monoisotopic (exact) mass is 530 g/mol. The highest BCUT2D eigenvalue weighted by Gasteiger charge is 2.26. The molecular weight excluding hydrogens is 492 g/mol. The van der Waals surface area contributed by atoms with Gasteiger partial charge in [0.05, 0.1) is 11.9 Å². The number of H-pyrrole nitrogens is 1. The van der Waals surface area contributed by atoms with E-state index in [4.69, 9.17) is 4.98 Å². The van der Waals surface area contributed by atoms with Gasteiger partial charge in [0, 0.05) is 59.2 Å². The van der Waals surface area contributed by atoms with Crippen molar-refractivity contribution in [2.75, 3.05) is 31.6 Å². The molecule has 0 aliphatic carbocycles. The number of pyridine rings is 2. The Kier molecular flexibility index (Phi) is 8.17. The third-order valence-electron chi connectivity index (χ3n) is 7.15. The van der Waals surface area contributed by atoms with E-state index in [0.717, 1.165) is 53.9 Å². The topological polar surface area (TPSA) is 133 Å². The van der Waals surface area contributed by atoms with E-state index in [0.29, 0.717) is 17.7 Å². The molecule has 0 aromatic carbocycles. The first-order chi connectivity index (χ1) is 17.4. The molecule has 37 heavy (non-hydrogen) atoms. The average molecular weight is 531 g/mol. The van der Waals surface area contributed by atoms with Gasteiger partial charge in [-0.05, 0) is 71.3 Å². The van der Waals surface area contributed by atoms with Gasteiger partial charge in [-0.1, -0.05) is 0 Å². The van der Waals surface area contributed by atoms with E-state index in [2.05, 4.69) is 20.3 Å². The number of aromatic amines is 1. The Morgan fingerprint density at radius 1 is 1.22 bits per heavy atom. The summed E-state index contributed by atoms with van der Waals surface area (Å²) < 4.78 is 25.0. The van der Waals surface area contributed by atoms with Gasteiger partial charge in [0.25, 0.3) is 5.56 Å². The van der Waals surface area contributed by atoms with Crippen LogP contribution < -0.4 is 10.9 Å². The maximum Gasteiger partial charge on any atom is 0.252 e. The second-order valence-electron chi connectivity index (χ2n) is 10.5. The van der Waals surface area contributed by atoms with E-state index in [1.54, 1.807) is 6.20 Å². The molecule has 1 aliphatic rings. The minimum atomic E-state index is -2.99. The third-order valence-corrected chi connectivity index (χ3v) is 8.08. The normalized spacial score (nSPS) is 16.6. The maximum absolute atomic E-state index is 12.5. The first-order valence-electron chi connectivity index (χ1n) is 12.8. The lowest BCUT2D eigenvalue weighted by Gasteiger charge is -2.31. The zero-order valence-corrected chi connectivity index (χ0v) is 23.1. The van der Waals surface area contributed by atoms with Crippen molar-refractivity contribution in [3.8, 4) is 0 Å². The number of piperidine rings is 1. The number of sulfone groups is 1. The van der Waals surface area contributed by atoms with E-state index in [1.165, 1.54) is 6.26 Å². The highest BCUT2D eigenvalue weighted by molar-refractivity contribution is 7.90. The third kappa shape index (κ3) is 6.46. The van der Waals surface area contributed by atoms with Gasteiger partial charge in [-0.25, -0.2) is 18.1 Å². The molecule has 1 fully saturated rings. The van der Waals surface area contributed by atoms with Crippen molar-refractivity contribution in [3.05, 3.63) is 56.8 Å². The van der Waals surface area contributed by atoms with Gasteiger partial charge in [0.2, 0.25) is 0 Å². The first kappa shape index (κ1) is 27.4. The Bertz CT molecular complexity index is 1420. The van der Waals surface area contributed by atoms with Crippen LogP contribution >= 0.6 is 0 Å². The molecule has 11 heteroatoms. The SMILES string of the molecule is Cc1cc(C)c(CNC(O)c2cc(C3CCN(CCS(C)(=O)=O)CC3)nc3c2cnn3C(C)C)c(=O)[nH]1. The van der Waals surface area contributed by atoms with Crippen molar-refractivity contribution < 1.29 is 13.5 Å². The van der Waals surface area contributed by atoms with Crippen LogP contribution in [0.25, 0.3) is 11.0 Å². The summed E-state index contributed by atoms with van der Waals surface area (Å²) in [6, 6.07) is 3.97. The molecule has 1 saturated heterocycles. The quantitative estimate of drug-likeness (QED) is 0.359. The average Bonchev–Trinajstić information content (AvgIpc) is 3.25. The van der Waals surface area contributed by atoms with Crippen molar-refractivity contribution >= 4 is 20.9 Å². The fourth-order valence-electron chi connectivity index (χ4n) is 5.03. The van der Waals surface area contributed by atoms with Gasteiger partial charge >= 0.3 is 0 Å². The number of nitrogens with zero attached hydrogens (tertiary/aromatic N) is 4. The lowest BCUT2D eigenvalue weighted by Crippen LogP contribution is -2.36. The summed E-state index contributed by atoms with van der Waals surface area (Å²) in [5.74, 6) is 0.364. The van der Waals surface area contributed by atoms with Crippen LogP contribution in [0, 0.1) is 13.8 Å². The summed E-state index contributed by atoms with van der Waals surface area (Å²) in [6.45, 7) is 10.2. The molecule has 10 nitrogen and oxygen atoms in total. The molecule has 0 bridgehead atoms. The Labute approximate surface area is 218 Å². The number of aromatic nitrogens is 4. The largest absolute Gasteiger partial charge is 0.374 e. The molecule has 4 heterocycles. The zero-order chi connectivity index (χ0) is 26.9. The van der Waals surface area contributed by atoms with E-state index in [9.17, 15) is 18.3 Å². The van der Waals surface area contributed by atoms with Gasteiger partial charge < -0.3 is 15.0 Å². The van der Waals surface area contributed by atoms with Crippen LogP contribution in [0.2, 0.25) is 0 Å². The molecule has 0 spiro atoms. The van der Waals surface area contributed by atoms with Gasteiger partial charge in [0.1, 0.15) is 16.1 Å². The summed E-state index contributed by atoms with van der Waals surface area (Å²) in [5.41, 5.74) is 4.42. The first-order valence-corrected chi connectivity index (χ1v) is 14.9. The number of aryl methyl sites for hydroxylation is 2. The number of rotatable bonds is 9. The molecule has 0 amide bonds. The summed E-state index contributed by atoms with van der Waals surface area (Å²) in [4.78, 5) is 22.4. The highest BCUT2D eigenvalue weighted by atomic mass is 32.2. The molecule has 1 unspecified atom stereocenters. The van der Waals surface area contributed by atoms with Crippen molar-refractivity contribution in [3.63, 3.8) is 0 Å². The van der Waals surface area contributed by atoms with Crippen molar-refractivity contribution in [2.45, 2.75) is 65.3 Å². The second-order valence-corrected chi connectivity index (χ2v) is 12.8. The van der Waals surface area contributed by atoms with Gasteiger partial charge in [-0.3, -0.25) is 10.1 Å². The Balaban J connectivity index is 1.58. The van der Waals surface area contributed by atoms with E-state index < -0.39 is 16.1 Å². The summed E-state index contributed by atoms with van der Waals surface area (Å²) in [7, 11) is -2.99. The van der Waals surface area contributed by atoms with E-state index >= 15 is 0 Å². The molecule has 0 saturated carbocycles. The molecule has 0 radical (unpaired) electrons. The lowest BCUT2D eigenvalue weighted by atomic mass is 9.91. The van der Waals surface area contributed by atoms with Crippen LogP contribution in [0.15, 0.2) is 23.1 Å². The minimum absolute atomic E-state index is 0.102. The Morgan fingerprint density at radius 3 is 2.54 bits per heavy atom. The highest BCUT2D eigenvalue weighted by Crippen LogP contribution is 2.32. The molecule has 3 aromatic rings. The Hall–Kier alpha value is -2.60. The second kappa shape index (κ2) is 11.0. The number of aliphatic hydroxyl groups is 1. The standard InChI is InChI=1S/C26H38N6O4S/c1-16(2)32-24-22(15-28-32)20(25(33)27-14-21-17(3)12-18(4)29-26(21)34)13-23(30-24)19-6-8-31(9-7-19)10-11-37(5,35)36/h12-13,15-16,19,25,27,33H,6-11,14H2,1-5H3,(H,29,34). The van der Waals surface area contributed by atoms with Crippen molar-refractivity contribution in [2.24, 2.45) is 0 Å². The zero-order valence-electron chi connectivity index (χ0n) is 22.3.